The summed E-state index contributed by atoms with van der Waals surface area (Å²) in [7, 11) is 0. The van der Waals surface area contributed by atoms with Crippen LogP contribution in [0.5, 0.6) is 0 Å². The number of carboxylic acid groups (broad SMARTS) is 1. The first-order valence-electron chi connectivity index (χ1n) is 7.94. The molecule has 132 valence electrons. The number of hydrogen-bond acceptors (Lipinski definition) is 4. The minimum Gasteiger partial charge on any atom is -0.481 e. The monoisotopic (exact) mass is 362 g/mol. The van der Waals surface area contributed by atoms with Crippen LogP contribution in [0, 0.1) is 19.3 Å². The molecule has 1 fully saturated rings. The van der Waals surface area contributed by atoms with Gasteiger partial charge in [-0.2, -0.15) is 5.10 Å². The molecule has 1 atom stereocenters. The van der Waals surface area contributed by atoms with Crippen molar-refractivity contribution < 1.29 is 14.7 Å². The fraction of sp³-hybridized carbons (Fsp3) is 0.412. The number of carbonyl (C=O) groups is 2. The second-order valence-corrected chi connectivity index (χ2v) is 7.09. The Hall–Kier alpha value is -2.41. The number of aliphatic carboxylic acids is 1. The fourth-order valence-corrected chi connectivity index (χ4v) is 3.21. The van der Waals surface area contributed by atoms with Crippen molar-refractivity contribution in [2.75, 3.05) is 13.1 Å². The maximum absolute atomic E-state index is 12.8. The highest BCUT2D eigenvalue weighted by molar-refractivity contribution is 6.33. The van der Waals surface area contributed by atoms with Gasteiger partial charge in [0.25, 0.3) is 5.91 Å². The number of likely N-dealkylation sites (tertiary alicyclic amines) is 1. The van der Waals surface area contributed by atoms with Gasteiger partial charge in [-0.15, -0.1) is 0 Å². The SMILES string of the molecule is Cc1cc(C)n(-c2ccc(Cl)c(C(=O)N3CCC(C)(C(=O)O)C3)n2)n1. The van der Waals surface area contributed by atoms with Crippen molar-refractivity contribution in [3.8, 4) is 5.82 Å². The Kier molecular flexibility index (Phi) is 4.28. The van der Waals surface area contributed by atoms with E-state index in [0.29, 0.717) is 18.8 Å². The summed E-state index contributed by atoms with van der Waals surface area (Å²) in [6.07, 6.45) is 0.406. The summed E-state index contributed by atoms with van der Waals surface area (Å²) >= 11 is 6.18. The van der Waals surface area contributed by atoms with E-state index in [1.807, 2.05) is 19.9 Å². The van der Waals surface area contributed by atoms with Crippen molar-refractivity contribution in [2.45, 2.75) is 27.2 Å². The molecule has 1 aliphatic heterocycles. The number of amides is 1. The molecule has 2 aromatic heterocycles. The smallest absolute Gasteiger partial charge is 0.311 e. The highest BCUT2D eigenvalue weighted by Crippen LogP contribution is 2.31. The first-order valence-corrected chi connectivity index (χ1v) is 8.32. The van der Waals surface area contributed by atoms with Gasteiger partial charge in [0.2, 0.25) is 0 Å². The van der Waals surface area contributed by atoms with E-state index in [-0.39, 0.29) is 23.2 Å². The average molecular weight is 363 g/mol. The second-order valence-electron chi connectivity index (χ2n) is 6.68. The van der Waals surface area contributed by atoms with E-state index in [4.69, 9.17) is 11.6 Å². The van der Waals surface area contributed by atoms with Crippen LogP contribution in [0.3, 0.4) is 0 Å². The molecule has 0 aliphatic carbocycles. The molecule has 2 aromatic rings. The highest BCUT2D eigenvalue weighted by atomic mass is 35.5. The Bertz CT molecular complexity index is 864. The number of rotatable bonds is 3. The topological polar surface area (TPSA) is 88.3 Å². The number of halogens is 1. The normalized spacial score (nSPS) is 20.1. The molecule has 0 saturated carbocycles. The highest BCUT2D eigenvalue weighted by Gasteiger charge is 2.42. The number of pyridine rings is 1. The Morgan fingerprint density at radius 2 is 2.04 bits per heavy atom. The maximum atomic E-state index is 12.8. The van der Waals surface area contributed by atoms with E-state index in [1.54, 1.807) is 23.7 Å². The molecule has 1 N–H and O–H groups in total. The molecule has 8 heteroatoms. The fourth-order valence-electron chi connectivity index (χ4n) is 3.02. The summed E-state index contributed by atoms with van der Waals surface area (Å²) in [6, 6.07) is 5.22. The summed E-state index contributed by atoms with van der Waals surface area (Å²) in [5.74, 6) is -0.768. The molecule has 0 spiro atoms. The Morgan fingerprint density at radius 1 is 1.32 bits per heavy atom. The molecule has 1 unspecified atom stereocenters. The molecule has 3 rings (SSSR count). The van der Waals surface area contributed by atoms with Gasteiger partial charge >= 0.3 is 5.97 Å². The summed E-state index contributed by atoms with van der Waals surface area (Å²) < 4.78 is 1.65. The van der Waals surface area contributed by atoms with Crippen LogP contribution in [0.1, 0.15) is 35.2 Å². The molecule has 0 bridgehead atoms. The maximum Gasteiger partial charge on any atom is 0.311 e. The standard InChI is InChI=1S/C17H19ClN4O3/c1-10-8-11(2)22(20-10)13-5-4-12(18)14(19-13)15(23)21-7-6-17(3,9-21)16(24)25/h4-5,8H,6-7,9H2,1-3H3,(H,24,25). The lowest BCUT2D eigenvalue weighted by molar-refractivity contribution is -0.147. The van der Waals surface area contributed by atoms with Gasteiger partial charge < -0.3 is 10.0 Å². The molecule has 1 amide bonds. The number of carboxylic acids is 1. The number of carbonyl (C=O) groups excluding carboxylic acids is 1. The third-order valence-corrected chi connectivity index (χ3v) is 4.84. The van der Waals surface area contributed by atoms with E-state index in [9.17, 15) is 14.7 Å². The Balaban J connectivity index is 1.92. The van der Waals surface area contributed by atoms with Crippen molar-refractivity contribution in [1.82, 2.24) is 19.7 Å². The van der Waals surface area contributed by atoms with Gasteiger partial charge in [-0.05, 0) is 45.4 Å². The molecule has 25 heavy (non-hydrogen) atoms. The zero-order valence-corrected chi connectivity index (χ0v) is 15.0. The first-order chi connectivity index (χ1) is 11.7. The van der Waals surface area contributed by atoms with Gasteiger partial charge in [0.15, 0.2) is 5.82 Å². The predicted octanol–water partition coefficient (Wildman–Crippen LogP) is 2.47. The first kappa shape index (κ1) is 17.4. The Morgan fingerprint density at radius 3 is 2.60 bits per heavy atom. The van der Waals surface area contributed by atoms with Gasteiger partial charge in [-0.3, -0.25) is 9.59 Å². The van der Waals surface area contributed by atoms with Crippen LogP contribution in [0.25, 0.3) is 5.82 Å². The largest absolute Gasteiger partial charge is 0.481 e. The molecular formula is C17H19ClN4O3. The van der Waals surface area contributed by atoms with E-state index < -0.39 is 11.4 Å². The van der Waals surface area contributed by atoms with Crippen LogP contribution in [0.4, 0.5) is 0 Å². The molecule has 1 saturated heterocycles. The van der Waals surface area contributed by atoms with Crippen molar-refractivity contribution in [1.29, 1.82) is 0 Å². The molecule has 0 radical (unpaired) electrons. The van der Waals surface area contributed by atoms with Crippen molar-refractivity contribution in [3.63, 3.8) is 0 Å². The van der Waals surface area contributed by atoms with E-state index in [2.05, 4.69) is 10.1 Å². The zero-order valence-electron chi connectivity index (χ0n) is 14.3. The second kappa shape index (κ2) is 6.15. The summed E-state index contributed by atoms with van der Waals surface area (Å²) in [4.78, 5) is 30.1. The van der Waals surface area contributed by atoms with Crippen LogP contribution in [0.2, 0.25) is 5.02 Å². The molecule has 7 nitrogen and oxygen atoms in total. The van der Waals surface area contributed by atoms with Crippen LogP contribution in [0.15, 0.2) is 18.2 Å². The number of aromatic nitrogens is 3. The van der Waals surface area contributed by atoms with Gasteiger partial charge in [-0.25, -0.2) is 9.67 Å². The quantitative estimate of drug-likeness (QED) is 0.906. The minimum absolute atomic E-state index is 0.112. The van der Waals surface area contributed by atoms with Crippen LogP contribution >= 0.6 is 11.6 Å². The van der Waals surface area contributed by atoms with Crippen molar-refractivity contribution in [3.05, 3.63) is 40.3 Å². The van der Waals surface area contributed by atoms with E-state index >= 15 is 0 Å². The van der Waals surface area contributed by atoms with Crippen LogP contribution in [-0.4, -0.2) is 49.7 Å². The summed E-state index contributed by atoms with van der Waals surface area (Å²) in [6.45, 7) is 5.93. The molecule has 1 aliphatic rings. The van der Waals surface area contributed by atoms with Gasteiger partial charge in [0.1, 0.15) is 5.69 Å². The molecule has 0 aromatic carbocycles. The summed E-state index contributed by atoms with van der Waals surface area (Å²) in [5, 5.41) is 13.9. The number of nitrogens with zero attached hydrogens (tertiary/aromatic N) is 4. The predicted molar refractivity (Wildman–Crippen MR) is 92.1 cm³/mol. The number of hydrogen-bond donors (Lipinski definition) is 1. The lowest BCUT2D eigenvalue weighted by Crippen LogP contribution is -2.35. The van der Waals surface area contributed by atoms with Crippen molar-refractivity contribution in [2.24, 2.45) is 5.41 Å². The van der Waals surface area contributed by atoms with Gasteiger partial charge in [0, 0.05) is 18.8 Å². The third-order valence-electron chi connectivity index (χ3n) is 4.54. The molecule has 3 heterocycles. The Labute approximate surface area is 150 Å². The lowest BCUT2D eigenvalue weighted by Gasteiger charge is -2.20. The third kappa shape index (κ3) is 3.11. The van der Waals surface area contributed by atoms with Gasteiger partial charge in [0.05, 0.1) is 16.1 Å². The van der Waals surface area contributed by atoms with E-state index in [1.165, 1.54) is 4.90 Å². The minimum atomic E-state index is -0.935. The number of aryl methyl sites for hydroxylation is 2. The van der Waals surface area contributed by atoms with Crippen LogP contribution < -0.4 is 0 Å². The molecular weight excluding hydrogens is 344 g/mol. The zero-order chi connectivity index (χ0) is 18.4. The lowest BCUT2D eigenvalue weighted by atomic mass is 9.90. The summed E-state index contributed by atoms with van der Waals surface area (Å²) in [5.41, 5.74) is 0.917. The van der Waals surface area contributed by atoms with Crippen molar-refractivity contribution >= 4 is 23.5 Å². The average Bonchev–Trinajstić information content (AvgIpc) is 3.11. The van der Waals surface area contributed by atoms with Crippen LogP contribution in [-0.2, 0) is 4.79 Å². The van der Waals surface area contributed by atoms with Gasteiger partial charge in [-0.1, -0.05) is 11.6 Å². The van der Waals surface area contributed by atoms with E-state index in [0.717, 1.165) is 11.4 Å².